The van der Waals surface area contributed by atoms with Crippen molar-refractivity contribution in [1.29, 1.82) is 0 Å². The van der Waals surface area contributed by atoms with Crippen molar-refractivity contribution in [3.8, 4) is 0 Å². The van der Waals surface area contributed by atoms with Crippen LogP contribution in [0.2, 0.25) is 0 Å². The Kier molecular flexibility index (Phi) is 3.09. The summed E-state index contributed by atoms with van der Waals surface area (Å²) in [4.78, 5) is 0. The maximum Gasteiger partial charge on any atom is 0.214 e. The lowest BCUT2D eigenvalue weighted by Gasteiger charge is -2.14. The first-order chi connectivity index (χ1) is 5.56. The quantitative estimate of drug-likeness (QED) is 0.675. The van der Waals surface area contributed by atoms with Crippen molar-refractivity contribution in [2.45, 2.75) is 25.9 Å². The monoisotopic (exact) mass is 193 g/mol. The van der Waals surface area contributed by atoms with Gasteiger partial charge < -0.3 is 5.11 Å². The van der Waals surface area contributed by atoms with Crippen LogP contribution in [-0.4, -0.2) is 42.8 Å². The molecule has 0 spiro atoms. The predicted molar refractivity (Wildman–Crippen MR) is 46.3 cm³/mol. The summed E-state index contributed by atoms with van der Waals surface area (Å²) in [5.74, 6) is 0.194. The van der Waals surface area contributed by atoms with Gasteiger partial charge >= 0.3 is 0 Å². The van der Waals surface area contributed by atoms with E-state index < -0.39 is 16.1 Å². The minimum absolute atomic E-state index is 0.194. The molecule has 1 N–H and O–H groups in total. The van der Waals surface area contributed by atoms with Crippen molar-refractivity contribution in [2.24, 2.45) is 0 Å². The largest absolute Gasteiger partial charge is 0.392 e. The van der Waals surface area contributed by atoms with Crippen molar-refractivity contribution < 1.29 is 13.5 Å². The van der Waals surface area contributed by atoms with E-state index in [1.165, 1.54) is 4.31 Å². The molecule has 1 atom stereocenters. The summed E-state index contributed by atoms with van der Waals surface area (Å²) in [6.07, 6.45) is 0.745. The summed E-state index contributed by atoms with van der Waals surface area (Å²) in [6.45, 7) is 2.59. The normalized spacial score (nSPS) is 26.3. The standard InChI is InChI=1S/C7H15NO3S/c1-2-5-12(10,11)8-4-3-7(9)6-8/h7,9H,2-6H2,1H3/t7-/m1/s1. The Bertz CT molecular complexity index is 237. The minimum atomic E-state index is -3.07. The predicted octanol–water partition coefficient (Wildman–Crippen LogP) is -0.207. The maximum atomic E-state index is 11.4. The highest BCUT2D eigenvalue weighted by molar-refractivity contribution is 7.89. The third kappa shape index (κ3) is 2.18. The third-order valence-electron chi connectivity index (χ3n) is 1.98. The van der Waals surface area contributed by atoms with Crippen LogP contribution in [0.4, 0.5) is 0 Å². The number of rotatable bonds is 3. The number of hydrogen-bond acceptors (Lipinski definition) is 3. The minimum Gasteiger partial charge on any atom is -0.392 e. The van der Waals surface area contributed by atoms with Crippen LogP contribution < -0.4 is 0 Å². The molecule has 1 aliphatic rings. The highest BCUT2D eigenvalue weighted by Gasteiger charge is 2.29. The summed E-state index contributed by atoms with van der Waals surface area (Å²) >= 11 is 0. The number of sulfonamides is 1. The zero-order chi connectivity index (χ0) is 9.19. The maximum absolute atomic E-state index is 11.4. The number of aliphatic hydroxyl groups is 1. The number of nitrogens with zero attached hydrogens (tertiary/aromatic N) is 1. The molecule has 0 aromatic rings. The number of aliphatic hydroxyl groups excluding tert-OH is 1. The molecule has 12 heavy (non-hydrogen) atoms. The van der Waals surface area contributed by atoms with Gasteiger partial charge in [-0.2, -0.15) is 4.31 Å². The Morgan fingerprint density at radius 2 is 2.25 bits per heavy atom. The molecule has 5 heteroatoms. The zero-order valence-electron chi connectivity index (χ0n) is 7.23. The van der Waals surface area contributed by atoms with Gasteiger partial charge in [0, 0.05) is 13.1 Å². The van der Waals surface area contributed by atoms with E-state index in [4.69, 9.17) is 5.11 Å². The second-order valence-corrected chi connectivity index (χ2v) is 5.20. The molecule has 0 aliphatic carbocycles. The summed E-state index contributed by atoms with van der Waals surface area (Å²) < 4.78 is 24.2. The molecule has 0 saturated carbocycles. The fourth-order valence-electron chi connectivity index (χ4n) is 1.35. The molecule has 1 saturated heterocycles. The molecule has 0 radical (unpaired) electrons. The van der Waals surface area contributed by atoms with Gasteiger partial charge in [0.1, 0.15) is 0 Å². The van der Waals surface area contributed by atoms with Crippen molar-refractivity contribution in [1.82, 2.24) is 4.31 Å². The van der Waals surface area contributed by atoms with E-state index >= 15 is 0 Å². The second-order valence-electron chi connectivity index (χ2n) is 3.12. The summed E-state index contributed by atoms with van der Waals surface area (Å²) in [5, 5.41) is 9.13. The van der Waals surface area contributed by atoms with Crippen molar-refractivity contribution in [3.05, 3.63) is 0 Å². The second kappa shape index (κ2) is 3.72. The van der Waals surface area contributed by atoms with E-state index in [0.717, 1.165) is 0 Å². The van der Waals surface area contributed by atoms with Crippen LogP contribution >= 0.6 is 0 Å². The van der Waals surface area contributed by atoms with Crippen LogP contribution in [0.25, 0.3) is 0 Å². The van der Waals surface area contributed by atoms with Gasteiger partial charge in [-0.25, -0.2) is 8.42 Å². The molecule has 0 bridgehead atoms. The van der Waals surface area contributed by atoms with Gasteiger partial charge in [0.2, 0.25) is 10.0 Å². The Morgan fingerprint density at radius 1 is 1.58 bits per heavy atom. The third-order valence-corrected chi connectivity index (χ3v) is 4.02. The lowest BCUT2D eigenvalue weighted by Crippen LogP contribution is -2.31. The fourth-order valence-corrected chi connectivity index (χ4v) is 2.91. The summed E-state index contributed by atoms with van der Waals surface area (Å²) in [6, 6.07) is 0. The van der Waals surface area contributed by atoms with Crippen molar-refractivity contribution in [2.75, 3.05) is 18.8 Å². The number of hydrogen-bond donors (Lipinski definition) is 1. The summed E-state index contributed by atoms with van der Waals surface area (Å²) in [7, 11) is -3.07. The molecule has 1 aliphatic heterocycles. The van der Waals surface area contributed by atoms with E-state index in [-0.39, 0.29) is 12.3 Å². The zero-order valence-corrected chi connectivity index (χ0v) is 8.05. The Balaban J connectivity index is 2.58. The van der Waals surface area contributed by atoms with Gasteiger partial charge in [-0.3, -0.25) is 0 Å². The van der Waals surface area contributed by atoms with Crippen LogP contribution in [0.5, 0.6) is 0 Å². The van der Waals surface area contributed by atoms with E-state index in [0.29, 0.717) is 19.4 Å². The first kappa shape index (κ1) is 9.95. The van der Waals surface area contributed by atoms with E-state index in [2.05, 4.69) is 0 Å². The first-order valence-corrected chi connectivity index (χ1v) is 5.83. The van der Waals surface area contributed by atoms with E-state index in [1.807, 2.05) is 6.92 Å². The smallest absolute Gasteiger partial charge is 0.214 e. The van der Waals surface area contributed by atoms with E-state index in [9.17, 15) is 8.42 Å². The van der Waals surface area contributed by atoms with Crippen molar-refractivity contribution >= 4 is 10.0 Å². The lowest BCUT2D eigenvalue weighted by molar-refractivity contribution is 0.189. The SMILES string of the molecule is CCCS(=O)(=O)N1CC[C@@H](O)C1. The topological polar surface area (TPSA) is 57.6 Å². The molecule has 4 nitrogen and oxygen atoms in total. The molecular weight excluding hydrogens is 178 g/mol. The van der Waals surface area contributed by atoms with Crippen LogP contribution in [0.3, 0.4) is 0 Å². The van der Waals surface area contributed by atoms with Gasteiger partial charge in [0.25, 0.3) is 0 Å². The van der Waals surface area contributed by atoms with Gasteiger partial charge in [-0.1, -0.05) is 6.92 Å². The molecule has 0 aromatic carbocycles. The van der Waals surface area contributed by atoms with Crippen LogP contribution in [0, 0.1) is 0 Å². The summed E-state index contributed by atoms with van der Waals surface area (Å²) in [5.41, 5.74) is 0. The molecule has 0 amide bonds. The van der Waals surface area contributed by atoms with Gasteiger partial charge in [-0.05, 0) is 12.8 Å². The molecule has 1 fully saturated rings. The average molecular weight is 193 g/mol. The first-order valence-electron chi connectivity index (χ1n) is 4.22. The molecule has 1 heterocycles. The van der Waals surface area contributed by atoms with Gasteiger partial charge in [0.15, 0.2) is 0 Å². The Labute approximate surface area is 73.2 Å². The fraction of sp³-hybridized carbons (Fsp3) is 1.00. The Hall–Kier alpha value is -0.130. The van der Waals surface area contributed by atoms with Crippen LogP contribution in [0.1, 0.15) is 19.8 Å². The molecule has 72 valence electrons. The average Bonchev–Trinajstić information content (AvgIpc) is 2.36. The van der Waals surface area contributed by atoms with Crippen LogP contribution in [0.15, 0.2) is 0 Å². The highest BCUT2D eigenvalue weighted by atomic mass is 32.2. The highest BCUT2D eigenvalue weighted by Crippen LogP contribution is 2.14. The Morgan fingerprint density at radius 3 is 2.67 bits per heavy atom. The van der Waals surface area contributed by atoms with Gasteiger partial charge in [0.05, 0.1) is 11.9 Å². The van der Waals surface area contributed by atoms with Crippen molar-refractivity contribution in [3.63, 3.8) is 0 Å². The molecule has 0 unspecified atom stereocenters. The van der Waals surface area contributed by atoms with Gasteiger partial charge in [-0.15, -0.1) is 0 Å². The molecular formula is C7H15NO3S. The van der Waals surface area contributed by atoms with Crippen LogP contribution in [-0.2, 0) is 10.0 Å². The molecule has 1 rings (SSSR count). The number of β-amino-alcohol motifs (C(OH)–C–C–N with tert-alkyl or cyclic N) is 1. The lowest BCUT2D eigenvalue weighted by atomic mass is 10.3. The molecule has 0 aromatic heterocycles. The van der Waals surface area contributed by atoms with E-state index in [1.54, 1.807) is 0 Å².